The van der Waals surface area contributed by atoms with Crippen LogP contribution in [0.3, 0.4) is 0 Å². The van der Waals surface area contributed by atoms with Crippen LogP contribution in [-0.2, 0) is 0 Å². The number of fused-ring (bicyclic) bond motifs is 5. The number of rotatable bonds is 6. The van der Waals surface area contributed by atoms with Gasteiger partial charge in [0.15, 0.2) is 5.58 Å². The Bertz CT molecular complexity index is 2540. The first-order valence-corrected chi connectivity index (χ1v) is 16.2. The van der Waals surface area contributed by atoms with Crippen LogP contribution in [0.1, 0.15) is 0 Å². The summed E-state index contributed by atoms with van der Waals surface area (Å²) in [7, 11) is 0. The number of nitrogens with zero attached hydrogens (tertiary/aromatic N) is 2. The summed E-state index contributed by atoms with van der Waals surface area (Å²) in [4.78, 5) is 7.30. The molecule has 9 rings (SSSR count). The van der Waals surface area contributed by atoms with E-state index in [1.807, 2.05) is 30.3 Å². The maximum absolute atomic E-state index is 6.64. The second kappa shape index (κ2) is 11.7. The SMILES string of the molecule is c1ccc(-c2nc3ccc4cc(-c5ccccc5)c5ccc(N(c6ccccc6)c6ccccc6-c6ccccc6)cc5c4c3o2)cc1. The molecule has 0 fully saturated rings. The minimum Gasteiger partial charge on any atom is -0.435 e. The quantitative estimate of drug-likeness (QED) is 0.175. The van der Waals surface area contributed by atoms with Crippen molar-refractivity contribution in [1.29, 1.82) is 0 Å². The van der Waals surface area contributed by atoms with Gasteiger partial charge in [-0.3, -0.25) is 0 Å². The lowest BCUT2D eigenvalue weighted by atomic mass is 9.92. The molecule has 0 spiro atoms. The summed E-state index contributed by atoms with van der Waals surface area (Å²) < 4.78 is 6.64. The van der Waals surface area contributed by atoms with Crippen LogP contribution in [0.15, 0.2) is 186 Å². The second-order valence-corrected chi connectivity index (χ2v) is 12.0. The standard InChI is InChI=1S/C45H30N2O/c1-5-15-31(16-6-1)37-23-13-14-24-42(37)47(35-21-11-4-12-22-35)36-26-27-38-39(32-17-7-2-8-18-32)29-34-25-28-41-44(43(34)40(38)30-36)48-45(46-41)33-19-9-3-10-20-33/h1-30H. The Hall–Kier alpha value is -6.45. The van der Waals surface area contributed by atoms with Gasteiger partial charge in [-0.25, -0.2) is 4.98 Å². The third-order valence-electron chi connectivity index (χ3n) is 9.06. The molecule has 1 aromatic heterocycles. The number of benzene rings is 8. The summed E-state index contributed by atoms with van der Waals surface area (Å²) in [6.45, 7) is 0. The van der Waals surface area contributed by atoms with E-state index in [0.717, 1.165) is 60.8 Å². The zero-order valence-electron chi connectivity index (χ0n) is 26.1. The molecule has 0 N–H and O–H groups in total. The van der Waals surface area contributed by atoms with E-state index in [9.17, 15) is 0 Å². The lowest BCUT2D eigenvalue weighted by Crippen LogP contribution is -2.11. The molecule has 0 saturated heterocycles. The number of aromatic nitrogens is 1. The van der Waals surface area contributed by atoms with Crippen molar-refractivity contribution in [3.05, 3.63) is 182 Å². The van der Waals surface area contributed by atoms with Crippen LogP contribution in [0.4, 0.5) is 17.1 Å². The van der Waals surface area contributed by atoms with Gasteiger partial charge in [-0.15, -0.1) is 0 Å². The summed E-state index contributed by atoms with van der Waals surface area (Å²) in [5.74, 6) is 0.622. The third-order valence-corrected chi connectivity index (χ3v) is 9.06. The van der Waals surface area contributed by atoms with Crippen LogP contribution in [0, 0.1) is 0 Å². The minimum absolute atomic E-state index is 0.622. The summed E-state index contributed by atoms with van der Waals surface area (Å²) in [6.07, 6.45) is 0. The molecule has 0 saturated carbocycles. The molecule has 0 amide bonds. The summed E-state index contributed by atoms with van der Waals surface area (Å²) in [5, 5.41) is 4.44. The number of hydrogen-bond acceptors (Lipinski definition) is 3. The van der Waals surface area contributed by atoms with Crippen molar-refractivity contribution in [3.63, 3.8) is 0 Å². The van der Waals surface area contributed by atoms with Gasteiger partial charge in [-0.2, -0.15) is 0 Å². The minimum atomic E-state index is 0.622. The van der Waals surface area contributed by atoms with E-state index in [2.05, 4.69) is 157 Å². The molecule has 0 aliphatic heterocycles. The second-order valence-electron chi connectivity index (χ2n) is 12.0. The zero-order chi connectivity index (χ0) is 31.9. The molecule has 8 aromatic carbocycles. The zero-order valence-corrected chi connectivity index (χ0v) is 26.1. The van der Waals surface area contributed by atoms with Crippen LogP contribution in [-0.4, -0.2) is 4.98 Å². The van der Waals surface area contributed by atoms with Crippen LogP contribution < -0.4 is 4.90 Å². The molecule has 0 atom stereocenters. The van der Waals surface area contributed by atoms with Gasteiger partial charge in [0.25, 0.3) is 0 Å². The fourth-order valence-electron chi connectivity index (χ4n) is 6.85. The molecule has 9 aromatic rings. The Morgan fingerprint density at radius 1 is 0.438 bits per heavy atom. The number of para-hydroxylation sites is 2. The molecule has 0 aliphatic rings. The lowest BCUT2D eigenvalue weighted by Gasteiger charge is -2.28. The van der Waals surface area contributed by atoms with E-state index in [1.165, 1.54) is 16.7 Å². The van der Waals surface area contributed by atoms with Gasteiger partial charge >= 0.3 is 0 Å². The maximum atomic E-state index is 6.64. The summed E-state index contributed by atoms with van der Waals surface area (Å²) in [5.41, 5.74) is 10.5. The van der Waals surface area contributed by atoms with Crippen LogP contribution in [0.25, 0.3) is 66.4 Å². The molecule has 0 bridgehead atoms. The van der Waals surface area contributed by atoms with Gasteiger partial charge in [-0.1, -0.05) is 127 Å². The van der Waals surface area contributed by atoms with Crippen molar-refractivity contribution >= 4 is 49.7 Å². The largest absolute Gasteiger partial charge is 0.435 e. The van der Waals surface area contributed by atoms with Crippen LogP contribution in [0.5, 0.6) is 0 Å². The predicted molar refractivity (Wildman–Crippen MR) is 200 cm³/mol. The molecule has 0 aliphatic carbocycles. The molecule has 48 heavy (non-hydrogen) atoms. The molecule has 3 heteroatoms. The van der Waals surface area contributed by atoms with Crippen LogP contribution in [0.2, 0.25) is 0 Å². The van der Waals surface area contributed by atoms with E-state index >= 15 is 0 Å². The molecule has 0 radical (unpaired) electrons. The topological polar surface area (TPSA) is 29.3 Å². The highest BCUT2D eigenvalue weighted by atomic mass is 16.3. The summed E-state index contributed by atoms with van der Waals surface area (Å²) >= 11 is 0. The monoisotopic (exact) mass is 614 g/mol. The normalized spacial score (nSPS) is 11.3. The highest BCUT2D eigenvalue weighted by Crippen LogP contribution is 2.45. The van der Waals surface area contributed by atoms with Gasteiger partial charge in [0.2, 0.25) is 5.89 Å². The van der Waals surface area contributed by atoms with E-state index in [4.69, 9.17) is 9.40 Å². The Balaban J connectivity index is 1.35. The first-order valence-electron chi connectivity index (χ1n) is 16.2. The van der Waals surface area contributed by atoms with E-state index in [1.54, 1.807) is 0 Å². The van der Waals surface area contributed by atoms with Crippen molar-refractivity contribution in [2.24, 2.45) is 0 Å². The highest BCUT2D eigenvalue weighted by Gasteiger charge is 2.20. The summed E-state index contributed by atoms with van der Waals surface area (Å²) in [6, 6.07) is 64.0. The third kappa shape index (κ3) is 4.81. The average Bonchev–Trinajstić information content (AvgIpc) is 3.61. The van der Waals surface area contributed by atoms with Crippen LogP contribution >= 0.6 is 0 Å². The Kier molecular flexibility index (Phi) is 6.80. The van der Waals surface area contributed by atoms with E-state index < -0.39 is 0 Å². The van der Waals surface area contributed by atoms with Crippen molar-refractivity contribution in [3.8, 4) is 33.7 Å². The first kappa shape index (κ1) is 27.8. The van der Waals surface area contributed by atoms with E-state index in [0.29, 0.717) is 5.89 Å². The van der Waals surface area contributed by atoms with Crippen molar-refractivity contribution in [2.75, 3.05) is 4.90 Å². The molecular formula is C45H30N2O. The van der Waals surface area contributed by atoms with Crippen molar-refractivity contribution < 1.29 is 4.42 Å². The van der Waals surface area contributed by atoms with E-state index in [-0.39, 0.29) is 0 Å². The van der Waals surface area contributed by atoms with Gasteiger partial charge in [0.1, 0.15) is 5.52 Å². The Morgan fingerprint density at radius 3 is 1.75 bits per heavy atom. The number of anilines is 3. The van der Waals surface area contributed by atoms with Gasteiger partial charge < -0.3 is 9.32 Å². The van der Waals surface area contributed by atoms with Gasteiger partial charge in [0.05, 0.1) is 5.69 Å². The fourth-order valence-corrected chi connectivity index (χ4v) is 6.85. The van der Waals surface area contributed by atoms with Gasteiger partial charge in [0, 0.05) is 27.9 Å². The molecule has 1 heterocycles. The average molecular weight is 615 g/mol. The molecule has 0 unspecified atom stereocenters. The molecular weight excluding hydrogens is 585 g/mol. The lowest BCUT2D eigenvalue weighted by molar-refractivity contribution is 0.623. The smallest absolute Gasteiger partial charge is 0.227 e. The number of hydrogen-bond donors (Lipinski definition) is 0. The number of oxazole rings is 1. The van der Waals surface area contributed by atoms with Crippen molar-refractivity contribution in [2.45, 2.75) is 0 Å². The Morgan fingerprint density at radius 2 is 1.04 bits per heavy atom. The molecule has 226 valence electrons. The Labute approximate surface area is 279 Å². The maximum Gasteiger partial charge on any atom is 0.227 e. The van der Waals surface area contributed by atoms with Crippen molar-refractivity contribution in [1.82, 2.24) is 4.98 Å². The fraction of sp³-hybridized carbons (Fsp3) is 0. The highest BCUT2D eigenvalue weighted by molar-refractivity contribution is 6.22. The first-order chi connectivity index (χ1) is 23.8. The molecule has 3 nitrogen and oxygen atoms in total. The predicted octanol–water partition coefficient (Wildman–Crippen LogP) is 12.6. The van der Waals surface area contributed by atoms with Gasteiger partial charge in [-0.05, 0) is 87.4 Å².